The van der Waals surface area contributed by atoms with Crippen molar-refractivity contribution < 1.29 is 19.1 Å². The first kappa shape index (κ1) is 26.6. The quantitative estimate of drug-likeness (QED) is 0.178. The van der Waals surface area contributed by atoms with Crippen LogP contribution in [0, 0.1) is 32.8 Å². The molecule has 10 nitrogen and oxygen atoms in total. The number of non-ortho nitro benzene ring substituents is 1. The largest absolute Gasteiger partial charge is 0.495 e. The molecular formula is C28H18ClN5O5. The predicted octanol–water partition coefficient (Wildman–Crippen LogP) is 6.58. The highest BCUT2D eigenvalue weighted by atomic mass is 35.5. The van der Waals surface area contributed by atoms with Crippen LogP contribution in [0.2, 0.25) is 5.02 Å². The van der Waals surface area contributed by atoms with E-state index in [9.17, 15) is 15.4 Å². The number of fused-ring (bicyclic) bond motifs is 2. The van der Waals surface area contributed by atoms with Gasteiger partial charge < -0.3 is 14.2 Å². The number of benzene rings is 3. The molecule has 0 aliphatic heterocycles. The lowest BCUT2D eigenvalue weighted by molar-refractivity contribution is -0.384. The first-order valence-electron chi connectivity index (χ1n) is 11.2. The fourth-order valence-electron chi connectivity index (χ4n) is 3.65. The van der Waals surface area contributed by atoms with Crippen LogP contribution in [-0.4, -0.2) is 29.1 Å². The summed E-state index contributed by atoms with van der Waals surface area (Å²) in [6.07, 6.45) is 3.20. The van der Waals surface area contributed by atoms with Crippen LogP contribution in [0.3, 0.4) is 0 Å². The second-order valence-electron chi connectivity index (χ2n) is 7.82. The van der Waals surface area contributed by atoms with E-state index in [-0.39, 0.29) is 5.69 Å². The maximum absolute atomic E-state index is 10.7. The lowest BCUT2D eigenvalue weighted by atomic mass is 10.1. The topological polar surface area (TPSA) is 144 Å². The molecule has 0 radical (unpaired) electrons. The monoisotopic (exact) mass is 539 g/mol. The van der Waals surface area contributed by atoms with Gasteiger partial charge in [0.15, 0.2) is 0 Å². The smallest absolute Gasteiger partial charge is 0.269 e. The van der Waals surface area contributed by atoms with Crippen molar-refractivity contribution >= 4 is 39.1 Å². The summed E-state index contributed by atoms with van der Waals surface area (Å²) in [6.45, 7) is 0. The van der Waals surface area contributed by atoms with Gasteiger partial charge in [-0.1, -0.05) is 11.6 Å². The molecule has 0 saturated carbocycles. The van der Waals surface area contributed by atoms with Crippen LogP contribution in [0.25, 0.3) is 21.8 Å². The van der Waals surface area contributed by atoms with Crippen LogP contribution in [-0.2, 0) is 0 Å². The lowest BCUT2D eigenvalue weighted by Gasteiger charge is -2.10. The van der Waals surface area contributed by atoms with E-state index in [1.807, 2.05) is 0 Å². The Morgan fingerprint density at radius 2 is 1.33 bits per heavy atom. The highest BCUT2D eigenvalue weighted by molar-refractivity contribution is 6.35. The summed E-state index contributed by atoms with van der Waals surface area (Å²) in [5.74, 6) is 1.89. The Morgan fingerprint density at radius 1 is 0.795 bits per heavy atom. The Hall–Kier alpha value is -5.45. The highest BCUT2D eigenvalue weighted by Gasteiger charge is 2.12. The number of halogens is 1. The van der Waals surface area contributed by atoms with E-state index in [1.54, 1.807) is 48.8 Å². The summed E-state index contributed by atoms with van der Waals surface area (Å²) in [5, 5.41) is 30.8. The third-order valence-electron chi connectivity index (χ3n) is 5.55. The molecule has 0 saturated heterocycles. The molecule has 0 unspecified atom stereocenters. The Morgan fingerprint density at radius 3 is 1.87 bits per heavy atom. The molecule has 39 heavy (non-hydrogen) atoms. The molecule has 0 amide bonds. The van der Waals surface area contributed by atoms with Crippen molar-refractivity contribution in [3.05, 3.63) is 99.3 Å². The van der Waals surface area contributed by atoms with Crippen molar-refractivity contribution in [2.45, 2.75) is 0 Å². The predicted molar refractivity (Wildman–Crippen MR) is 144 cm³/mol. The molecule has 0 aliphatic rings. The fraction of sp³-hybridized carbons (Fsp3) is 0.0714. The van der Waals surface area contributed by atoms with Crippen molar-refractivity contribution in [1.29, 1.82) is 10.5 Å². The summed E-state index contributed by atoms with van der Waals surface area (Å²) in [4.78, 5) is 18.6. The summed E-state index contributed by atoms with van der Waals surface area (Å²) in [7, 11) is 3.01. The second kappa shape index (κ2) is 11.7. The number of nitriles is 2. The molecule has 5 rings (SSSR count). The zero-order valence-electron chi connectivity index (χ0n) is 20.6. The van der Waals surface area contributed by atoms with Crippen LogP contribution < -0.4 is 14.2 Å². The van der Waals surface area contributed by atoms with Gasteiger partial charge in [0, 0.05) is 47.4 Å². The number of ether oxygens (including phenoxy) is 3. The minimum absolute atomic E-state index is 0.0153. The average Bonchev–Trinajstić information content (AvgIpc) is 2.96. The van der Waals surface area contributed by atoms with E-state index >= 15 is 0 Å². The first-order valence-corrected chi connectivity index (χ1v) is 11.6. The van der Waals surface area contributed by atoms with Crippen molar-refractivity contribution in [3.63, 3.8) is 0 Å². The van der Waals surface area contributed by atoms with Crippen molar-refractivity contribution in [1.82, 2.24) is 9.97 Å². The Bertz CT molecular complexity index is 1780. The van der Waals surface area contributed by atoms with Crippen LogP contribution >= 0.6 is 11.6 Å². The SMILES string of the molecule is COc1cc2nccc(Cl)c2cc1C#N.COc1cc2nccc(Oc3ccc([N+](=O)[O-])cc3)c2cc1C#N. The third kappa shape index (κ3) is 5.77. The number of nitro groups is 1. The molecule has 0 bridgehead atoms. The van der Waals surface area contributed by atoms with Crippen LogP contribution in [0.5, 0.6) is 23.0 Å². The zero-order valence-corrected chi connectivity index (χ0v) is 21.3. The number of methoxy groups -OCH3 is 2. The molecule has 0 N–H and O–H groups in total. The van der Waals surface area contributed by atoms with Gasteiger partial charge in [0.25, 0.3) is 5.69 Å². The van der Waals surface area contributed by atoms with Gasteiger partial charge in [0.05, 0.1) is 46.3 Å². The normalized spacial score (nSPS) is 10.1. The molecule has 0 spiro atoms. The molecule has 0 atom stereocenters. The summed E-state index contributed by atoms with van der Waals surface area (Å²) in [5.41, 5.74) is 2.15. The van der Waals surface area contributed by atoms with Gasteiger partial charge in [-0.3, -0.25) is 20.1 Å². The second-order valence-corrected chi connectivity index (χ2v) is 8.23. The van der Waals surface area contributed by atoms with Gasteiger partial charge >= 0.3 is 0 Å². The van der Waals surface area contributed by atoms with Gasteiger partial charge in [-0.25, -0.2) is 0 Å². The number of rotatable bonds is 5. The number of pyridine rings is 2. The van der Waals surface area contributed by atoms with Gasteiger partial charge in [-0.2, -0.15) is 10.5 Å². The van der Waals surface area contributed by atoms with Crippen LogP contribution in [0.1, 0.15) is 11.1 Å². The molecule has 0 aliphatic carbocycles. The third-order valence-corrected chi connectivity index (χ3v) is 5.88. The lowest BCUT2D eigenvalue weighted by Crippen LogP contribution is -1.92. The molecule has 192 valence electrons. The van der Waals surface area contributed by atoms with E-state index in [0.29, 0.717) is 50.1 Å². The molecule has 11 heteroatoms. The van der Waals surface area contributed by atoms with Crippen molar-refractivity contribution in [2.24, 2.45) is 0 Å². The number of hydrogen-bond donors (Lipinski definition) is 0. The van der Waals surface area contributed by atoms with E-state index in [2.05, 4.69) is 22.1 Å². The molecule has 2 heterocycles. The molecular weight excluding hydrogens is 522 g/mol. The Kier molecular flexibility index (Phi) is 8.00. The standard InChI is InChI=1S/C17H11N3O4.C11H7ClN2O/c1-23-17-9-15-14(8-11(17)10-18)16(6-7-19-15)24-13-4-2-12(3-5-13)20(21)22;1-15-11-5-10-8(4-7(11)6-13)9(12)2-3-14-10/h2-9H,1H3;2-5H,1H3. The van der Waals surface area contributed by atoms with Crippen LogP contribution in [0.15, 0.2) is 73.1 Å². The zero-order chi connectivity index (χ0) is 27.9. The number of nitrogens with zero attached hydrogens (tertiary/aromatic N) is 5. The van der Waals surface area contributed by atoms with Crippen LogP contribution in [0.4, 0.5) is 5.69 Å². The Balaban J connectivity index is 0.000000202. The number of hydrogen-bond acceptors (Lipinski definition) is 9. The average molecular weight is 540 g/mol. The molecule has 3 aromatic carbocycles. The van der Waals surface area contributed by atoms with Gasteiger partial charge in [0.2, 0.25) is 0 Å². The van der Waals surface area contributed by atoms with Gasteiger partial charge in [-0.05, 0) is 36.4 Å². The fourth-order valence-corrected chi connectivity index (χ4v) is 3.86. The first-order chi connectivity index (χ1) is 18.9. The number of aromatic nitrogens is 2. The molecule has 2 aromatic heterocycles. The minimum atomic E-state index is -0.475. The molecule has 0 fully saturated rings. The van der Waals surface area contributed by atoms with E-state index in [0.717, 1.165) is 10.9 Å². The van der Waals surface area contributed by atoms with Gasteiger partial charge in [0.1, 0.15) is 35.1 Å². The van der Waals surface area contributed by atoms with E-state index in [1.165, 1.54) is 38.5 Å². The summed E-state index contributed by atoms with van der Waals surface area (Å²) < 4.78 is 16.0. The highest BCUT2D eigenvalue weighted by Crippen LogP contribution is 2.33. The summed E-state index contributed by atoms with van der Waals surface area (Å²) >= 11 is 5.99. The van der Waals surface area contributed by atoms with E-state index < -0.39 is 4.92 Å². The van der Waals surface area contributed by atoms with Gasteiger partial charge in [-0.15, -0.1) is 0 Å². The van der Waals surface area contributed by atoms with E-state index in [4.69, 9.17) is 31.1 Å². The number of nitro benzene ring substituents is 1. The maximum Gasteiger partial charge on any atom is 0.269 e. The Labute approximate surface area is 227 Å². The van der Waals surface area contributed by atoms with Crippen molar-refractivity contribution in [2.75, 3.05) is 14.2 Å². The maximum atomic E-state index is 10.7. The summed E-state index contributed by atoms with van der Waals surface area (Å²) in [6, 6.07) is 19.9. The van der Waals surface area contributed by atoms with Crippen molar-refractivity contribution in [3.8, 4) is 35.1 Å². The minimum Gasteiger partial charge on any atom is -0.495 e. The molecule has 5 aromatic rings.